The smallest absolute Gasteiger partial charge is 0.303 e. The number of amides is 1. The number of likely N-dealkylation sites (tertiary alicyclic amines) is 1. The molecule has 1 saturated heterocycles. The Hall–Kier alpha value is -1.10. The summed E-state index contributed by atoms with van der Waals surface area (Å²) in [5.41, 5.74) is 0. The number of ether oxygens (including phenoxy) is 1. The summed E-state index contributed by atoms with van der Waals surface area (Å²) in [6, 6.07) is 0.0893. The molecule has 0 spiro atoms. The zero-order valence-corrected chi connectivity index (χ0v) is 11.2. The third-order valence-corrected chi connectivity index (χ3v) is 3.50. The van der Waals surface area contributed by atoms with Gasteiger partial charge in [-0.1, -0.05) is 0 Å². The molecule has 0 aromatic heterocycles. The average Bonchev–Trinajstić information content (AvgIpc) is 2.36. The maximum atomic E-state index is 12.1. The molecule has 0 unspecified atom stereocenters. The predicted octanol–water partition coefficient (Wildman–Crippen LogP) is 1.66. The second-order valence-electron chi connectivity index (χ2n) is 4.92. The van der Waals surface area contributed by atoms with E-state index in [9.17, 15) is 9.59 Å². The van der Waals surface area contributed by atoms with Crippen LogP contribution < -0.4 is 0 Å². The first-order valence-corrected chi connectivity index (χ1v) is 6.58. The van der Waals surface area contributed by atoms with Crippen LogP contribution in [0.3, 0.4) is 0 Å². The summed E-state index contributed by atoms with van der Waals surface area (Å²) in [6.07, 6.45) is 3.99. The summed E-state index contributed by atoms with van der Waals surface area (Å²) < 4.78 is 5.10. The Labute approximate surface area is 108 Å². The molecule has 5 heteroatoms. The van der Waals surface area contributed by atoms with E-state index in [1.807, 2.05) is 11.8 Å². The van der Waals surface area contributed by atoms with Gasteiger partial charge in [0.05, 0.1) is 12.5 Å². The third-order valence-electron chi connectivity index (χ3n) is 3.50. The molecule has 0 radical (unpaired) electrons. The van der Waals surface area contributed by atoms with Gasteiger partial charge in [0, 0.05) is 26.1 Å². The van der Waals surface area contributed by atoms with E-state index >= 15 is 0 Å². The van der Waals surface area contributed by atoms with Gasteiger partial charge >= 0.3 is 5.97 Å². The van der Waals surface area contributed by atoms with Crippen LogP contribution in [0.5, 0.6) is 0 Å². The van der Waals surface area contributed by atoms with Crippen molar-refractivity contribution >= 4 is 11.9 Å². The zero-order valence-electron chi connectivity index (χ0n) is 11.2. The number of carboxylic acid groups (broad SMARTS) is 1. The molecule has 104 valence electrons. The van der Waals surface area contributed by atoms with Gasteiger partial charge in [-0.05, 0) is 32.6 Å². The summed E-state index contributed by atoms with van der Waals surface area (Å²) in [4.78, 5) is 24.6. The molecule has 1 aliphatic heterocycles. The quantitative estimate of drug-likeness (QED) is 0.785. The van der Waals surface area contributed by atoms with E-state index in [2.05, 4.69) is 0 Å². The minimum absolute atomic E-state index is 0.0828. The van der Waals surface area contributed by atoms with E-state index in [0.717, 1.165) is 25.8 Å². The fourth-order valence-electron chi connectivity index (χ4n) is 2.37. The fourth-order valence-corrected chi connectivity index (χ4v) is 2.37. The number of hydrogen-bond donors (Lipinski definition) is 1. The van der Waals surface area contributed by atoms with Gasteiger partial charge in [0.25, 0.3) is 0 Å². The lowest BCUT2D eigenvalue weighted by Gasteiger charge is -2.36. The van der Waals surface area contributed by atoms with Crippen molar-refractivity contribution in [1.82, 2.24) is 4.90 Å². The summed E-state index contributed by atoms with van der Waals surface area (Å²) in [7, 11) is 1.59. The first-order chi connectivity index (χ1) is 8.54. The lowest BCUT2D eigenvalue weighted by atomic mass is 9.97. The maximum absolute atomic E-state index is 12.1. The van der Waals surface area contributed by atoms with Crippen molar-refractivity contribution in [2.75, 3.05) is 13.7 Å². The maximum Gasteiger partial charge on any atom is 0.303 e. The summed E-state index contributed by atoms with van der Waals surface area (Å²) in [5.74, 6) is -0.710. The predicted molar refractivity (Wildman–Crippen MR) is 67.3 cm³/mol. The first-order valence-electron chi connectivity index (χ1n) is 6.58. The topological polar surface area (TPSA) is 66.8 Å². The molecule has 1 fully saturated rings. The van der Waals surface area contributed by atoms with Gasteiger partial charge in [-0.15, -0.1) is 0 Å². The van der Waals surface area contributed by atoms with Gasteiger partial charge in [-0.3, -0.25) is 9.59 Å². The molecule has 0 aromatic rings. The van der Waals surface area contributed by atoms with Crippen LogP contribution in [-0.4, -0.2) is 47.7 Å². The van der Waals surface area contributed by atoms with E-state index in [-0.39, 0.29) is 24.5 Å². The molecule has 1 rings (SSSR count). The number of rotatable bonds is 6. The summed E-state index contributed by atoms with van der Waals surface area (Å²) in [6.45, 7) is 2.62. The van der Waals surface area contributed by atoms with Crippen molar-refractivity contribution in [1.29, 1.82) is 0 Å². The van der Waals surface area contributed by atoms with Crippen molar-refractivity contribution in [3.8, 4) is 0 Å². The molecule has 0 aliphatic carbocycles. The lowest BCUT2D eigenvalue weighted by molar-refractivity contribution is -0.141. The monoisotopic (exact) mass is 257 g/mol. The highest BCUT2D eigenvalue weighted by Gasteiger charge is 2.27. The van der Waals surface area contributed by atoms with Crippen LogP contribution in [0.4, 0.5) is 0 Å². The van der Waals surface area contributed by atoms with Crippen molar-refractivity contribution in [2.45, 2.75) is 57.6 Å². The van der Waals surface area contributed by atoms with Crippen LogP contribution in [0.2, 0.25) is 0 Å². The zero-order chi connectivity index (χ0) is 13.5. The Morgan fingerprint density at radius 3 is 2.78 bits per heavy atom. The number of nitrogens with zero attached hydrogens (tertiary/aromatic N) is 1. The number of piperidine rings is 1. The standard InChI is InChI=1S/C13H23NO4/c1-10(18-2)9-12(15)14-8-4-3-5-11(14)6-7-13(16)17/h10-11H,3-9H2,1-2H3,(H,16,17)/t10-,11-/m0/s1. The lowest BCUT2D eigenvalue weighted by Crippen LogP contribution is -2.44. The molecule has 1 N–H and O–H groups in total. The number of methoxy groups -OCH3 is 1. The summed E-state index contributed by atoms with van der Waals surface area (Å²) >= 11 is 0. The Bertz CT molecular complexity index is 293. The third kappa shape index (κ3) is 4.64. The van der Waals surface area contributed by atoms with Crippen LogP contribution in [-0.2, 0) is 14.3 Å². The van der Waals surface area contributed by atoms with Gasteiger partial charge < -0.3 is 14.7 Å². The molecular weight excluding hydrogens is 234 g/mol. The second kappa shape index (κ2) is 7.36. The molecular formula is C13H23NO4. The highest BCUT2D eigenvalue weighted by Crippen LogP contribution is 2.22. The van der Waals surface area contributed by atoms with E-state index in [0.29, 0.717) is 12.8 Å². The number of hydrogen-bond acceptors (Lipinski definition) is 3. The molecule has 0 aromatic carbocycles. The highest BCUT2D eigenvalue weighted by molar-refractivity contribution is 5.77. The SMILES string of the molecule is CO[C@@H](C)CC(=O)N1CCCC[C@H]1CCC(=O)O. The van der Waals surface area contributed by atoms with Crippen molar-refractivity contribution in [3.63, 3.8) is 0 Å². The number of carbonyl (C=O) groups excluding carboxylic acids is 1. The molecule has 0 saturated carbocycles. The van der Waals surface area contributed by atoms with Gasteiger partial charge in [0.2, 0.25) is 5.91 Å². The second-order valence-corrected chi connectivity index (χ2v) is 4.92. The Balaban J connectivity index is 2.52. The average molecular weight is 257 g/mol. The van der Waals surface area contributed by atoms with Gasteiger partial charge in [-0.25, -0.2) is 0 Å². The van der Waals surface area contributed by atoms with Crippen molar-refractivity contribution < 1.29 is 19.4 Å². The largest absolute Gasteiger partial charge is 0.481 e. The molecule has 1 amide bonds. The van der Waals surface area contributed by atoms with E-state index in [4.69, 9.17) is 9.84 Å². The highest BCUT2D eigenvalue weighted by atomic mass is 16.5. The van der Waals surface area contributed by atoms with E-state index in [1.165, 1.54) is 0 Å². The van der Waals surface area contributed by atoms with Crippen molar-refractivity contribution in [3.05, 3.63) is 0 Å². The number of carbonyl (C=O) groups is 2. The van der Waals surface area contributed by atoms with Gasteiger partial charge in [-0.2, -0.15) is 0 Å². The van der Waals surface area contributed by atoms with Gasteiger partial charge in [0.15, 0.2) is 0 Å². The van der Waals surface area contributed by atoms with Crippen LogP contribution in [0.25, 0.3) is 0 Å². The fraction of sp³-hybridized carbons (Fsp3) is 0.846. The molecule has 0 bridgehead atoms. The summed E-state index contributed by atoms with van der Waals surface area (Å²) in [5, 5.41) is 8.73. The molecule has 2 atom stereocenters. The van der Waals surface area contributed by atoms with E-state index in [1.54, 1.807) is 7.11 Å². The Morgan fingerprint density at radius 1 is 1.44 bits per heavy atom. The Morgan fingerprint density at radius 2 is 2.17 bits per heavy atom. The van der Waals surface area contributed by atoms with Crippen LogP contribution >= 0.6 is 0 Å². The van der Waals surface area contributed by atoms with Crippen molar-refractivity contribution in [2.24, 2.45) is 0 Å². The number of carboxylic acids is 1. The molecule has 1 aliphatic rings. The Kier molecular flexibility index (Phi) is 6.12. The van der Waals surface area contributed by atoms with Crippen LogP contribution in [0.1, 0.15) is 45.4 Å². The molecule has 1 heterocycles. The van der Waals surface area contributed by atoms with Gasteiger partial charge in [0.1, 0.15) is 0 Å². The molecule has 5 nitrogen and oxygen atoms in total. The van der Waals surface area contributed by atoms with E-state index < -0.39 is 5.97 Å². The normalized spacial score (nSPS) is 21.7. The van der Waals surface area contributed by atoms with Crippen LogP contribution in [0, 0.1) is 0 Å². The molecule has 18 heavy (non-hydrogen) atoms. The number of aliphatic carboxylic acids is 1. The minimum atomic E-state index is -0.793. The minimum Gasteiger partial charge on any atom is -0.481 e. The van der Waals surface area contributed by atoms with Crippen LogP contribution in [0.15, 0.2) is 0 Å². The first kappa shape index (κ1) is 15.0.